The lowest BCUT2D eigenvalue weighted by Crippen LogP contribution is -2.39. The normalized spacial score (nSPS) is 12.6. The lowest BCUT2D eigenvalue weighted by atomic mass is 10.5. The molecule has 0 aliphatic heterocycles. The van der Waals surface area contributed by atoms with Gasteiger partial charge >= 0.3 is 0 Å². The zero-order chi connectivity index (χ0) is 11.0. The molecule has 0 unspecified atom stereocenters. The summed E-state index contributed by atoms with van der Waals surface area (Å²) in [6, 6.07) is 0. The molecule has 0 heterocycles. The van der Waals surface area contributed by atoms with Crippen LogP contribution in [0.4, 0.5) is 0 Å². The van der Waals surface area contributed by atoms with Crippen molar-refractivity contribution in [3.63, 3.8) is 0 Å². The van der Waals surface area contributed by atoms with Gasteiger partial charge in [-0.15, -0.1) is 0 Å². The van der Waals surface area contributed by atoms with Crippen LogP contribution in [0.5, 0.6) is 0 Å². The van der Waals surface area contributed by atoms with Gasteiger partial charge in [-0.3, -0.25) is 4.99 Å². The lowest BCUT2D eigenvalue weighted by Gasteiger charge is -2.09. The highest BCUT2D eigenvalue weighted by Gasteiger charge is 2.02. The van der Waals surface area contributed by atoms with E-state index >= 15 is 0 Å². The minimum absolute atomic E-state index is 0.125. The second-order valence-electron chi connectivity index (χ2n) is 3.06. The van der Waals surface area contributed by atoms with Gasteiger partial charge in [-0.1, -0.05) is 6.92 Å². The molecule has 0 aliphatic rings. The molecule has 0 atom stereocenters. The van der Waals surface area contributed by atoms with Gasteiger partial charge in [-0.05, 0) is 6.42 Å². The second-order valence-corrected chi connectivity index (χ2v) is 5.32. The van der Waals surface area contributed by atoms with Crippen molar-refractivity contribution >= 4 is 15.8 Å². The van der Waals surface area contributed by atoms with E-state index in [-0.39, 0.29) is 5.75 Å². The Balaban J connectivity index is 3.75. The molecule has 0 amide bonds. The number of rotatable bonds is 5. The maximum absolute atomic E-state index is 10.8. The number of nitrogens with one attached hydrogen (secondary N) is 2. The number of nitrogens with zero attached hydrogens (tertiary/aromatic N) is 1. The summed E-state index contributed by atoms with van der Waals surface area (Å²) in [5.74, 6) is 0.773. The molecule has 0 aromatic carbocycles. The van der Waals surface area contributed by atoms with Crippen LogP contribution < -0.4 is 10.6 Å². The topological polar surface area (TPSA) is 70.6 Å². The van der Waals surface area contributed by atoms with Gasteiger partial charge in [-0.25, -0.2) is 8.42 Å². The first-order valence-corrected chi connectivity index (χ1v) is 6.68. The van der Waals surface area contributed by atoms with Crippen molar-refractivity contribution in [2.24, 2.45) is 4.99 Å². The van der Waals surface area contributed by atoms with Gasteiger partial charge < -0.3 is 10.6 Å². The van der Waals surface area contributed by atoms with Gasteiger partial charge in [0.25, 0.3) is 0 Å². The largest absolute Gasteiger partial charge is 0.356 e. The molecule has 5 nitrogen and oxygen atoms in total. The highest BCUT2D eigenvalue weighted by molar-refractivity contribution is 7.90. The summed E-state index contributed by atoms with van der Waals surface area (Å²) in [6.07, 6.45) is 2.23. The molecular formula is C8H19N3O2S. The predicted molar refractivity (Wildman–Crippen MR) is 59.4 cm³/mol. The maximum atomic E-state index is 10.8. The van der Waals surface area contributed by atoms with Crippen molar-refractivity contribution in [3.8, 4) is 0 Å². The average molecular weight is 221 g/mol. The van der Waals surface area contributed by atoms with Gasteiger partial charge in [0, 0.05) is 26.4 Å². The smallest absolute Gasteiger partial charge is 0.191 e. The van der Waals surface area contributed by atoms with E-state index in [0.29, 0.717) is 12.5 Å². The van der Waals surface area contributed by atoms with E-state index in [1.165, 1.54) is 6.26 Å². The molecule has 0 saturated carbocycles. The lowest BCUT2D eigenvalue weighted by molar-refractivity contribution is 0.600. The molecule has 0 radical (unpaired) electrons. The van der Waals surface area contributed by atoms with Crippen molar-refractivity contribution in [2.75, 3.05) is 32.1 Å². The Kier molecular flexibility index (Phi) is 6.27. The number of aliphatic imine (C=N–C) groups is 1. The quantitative estimate of drug-likeness (QED) is 0.490. The summed E-state index contributed by atoms with van der Waals surface area (Å²) < 4.78 is 21.6. The Labute approximate surface area is 85.9 Å². The Bertz CT molecular complexity index is 272. The monoisotopic (exact) mass is 221 g/mol. The van der Waals surface area contributed by atoms with Crippen LogP contribution in [-0.2, 0) is 9.84 Å². The van der Waals surface area contributed by atoms with Crippen molar-refractivity contribution in [1.82, 2.24) is 10.6 Å². The Morgan fingerprint density at radius 1 is 1.29 bits per heavy atom. The van der Waals surface area contributed by atoms with Crippen LogP contribution >= 0.6 is 0 Å². The summed E-state index contributed by atoms with van der Waals surface area (Å²) >= 11 is 0. The van der Waals surface area contributed by atoms with Gasteiger partial charge in [0.2, 0.25) is 0 Å². The molecule has 0 aromatic rings. The molecule has 0 saturated heterocycles. The van der Waals surface area contributed by atoms with Crippen molar-refractivity contribution in [2.45, 2.75) is 13.3 Å². The van der Waals surface area contributed by atoms with Crippen LogP contribution in [0.25, 0.3) is 0 Å². The Morgan fingerprint density at radius 3 is 2.29 bits per heavy atom. The van der Waals surface area contributed by atoms with E-state index in [1.54, 1.807) is 7.05 Å². The van der Waals surface area contributed by atoms with Crippen LogP contribution in [0, 0.1) is 0 Å². The summed E-state index contributed by atoms with van der Waals surface area (Å²) in [7, 11) is -1.24. The molecule has 0 spiro atoms. The third-order valence-electron chi connectivity index (χ3n) is 1.53. The predicted octanol–water partition coefficient (Wildman–Crippen LogP) is -0.394. The van der Waals surface area contributed by atoms with Crippen LogP contribution in [-0.4, -0.2) is 46.5 Å². The molecule has 6 heteroatoms. The first kappa shape index (κ1) is 13.2. The van der Waals surface area contributed by atoms with Crippen molar-refractivity contribution < 1.29 is 8.42 Å². The van der Waals surface area contributed by atoms with Crippen LogP contribution in [0.3, 0.4) is 0 Å². The van der Waals surface area contributed by atoms with Gasteiger partial charge in [-0.2, -0.15) is 0 Å². The van der Waals surface area contributed by atoms with Crippen LogP contribution in [0.1, 0.15) is 13.3 Å². The summed E-state index contributed by atoms with van der Waals surface area (Å²) in [6.45, 7) is 3.28. The standard InChI is InChI=1S/C8H19N3O2S/c1-4-5-10-8(9-2)11-6-7-14(3,12)13/h4-7H2,1-3H3,(H2,9,10,11). The van der Waals surface area contributed by atoms with Crippen molar-refractivity contribution in [1.29, 1.82) is 0 Å². The molecule has 2 N–H and O–H groups in total. The highest BCUT2D eigenvalue weighted by Crippen LogP contribution is 1.80. The average Bonchev–Trinajstić information content (AvgIpc) is 2.09. The molecule has 0 aromatic heterocycles. The molecule has 0 fully saturated rings. The number of guanidine groups is 1. The SMILES string of the molecule is CCCNC(=NC)NCCS(C)(=O)=O. The minimum Gasteiger partial charge on any atom is -0.356 e. The molecule has 0 rings (SSSR count). The van der Waals surface area contributed by atoms with Crippen LogP contribution in [0.15, 0.2) is 4.99 Å². The zero-order valence-corrected chi connectivity index (χ0v) is 9.82. The van der Waals surface area contributed by atoms with Crippen LogP contribution in [0.2, 0.25) is 0 Å². The molecule has 84 valence electrons. The van der Waals surface area contributed by atoms with Gasteiger partial charge in [0.15, 0.2) is 5.96 Å². The van der Waals surface area contributed by atoms with Crippen molar-refractivity contribution in [3.05, 3.63) is 0 Å². The third-order valence-corrected chi connectivity index (χ3v) is 2.48. The van der Waals surface area contributed by atoms with E-state index in [9.17, 15) is 8.42 Å². The summed E-state index contributed by atoms with van der Waals surface area (Å²) in [5.41, 5.74) is 0. The second kappa shape index (κ2) is 6.64. The van der Waals surface area contributed by atoms with E-state index in [0.717, 1.165) is 13.0 Å². The minimum atomic E-state index is -2.89. The fraction of sp³-hybridized carbons (Fsp3) is 0.875. The molecule has 0 aliphatic carbocycles. The number of sulfone groups is 1. The highest BCUT2D eigenvalue weighted by atomic mass is 32.2. The third kappa shape index (κ3) is 7.85. The Hall–Kier alpha value is -0.780. The molecule has 14 heavy (non-hydrogen) atoms. The fourth-order valence-corrected chi connectivity index (χ4v) is 1.29. The van der Waals surface area contributed by atoms with E-state index in [4.69, 9.17) is 0 Å². The molecule has 0 bridgehead atoms. The number of hydrogen-bond acceptors (Lipinski definition) is 3. The van der Waals surface area contributed by atoms with E-state index < -0.39 is 9.84 Å². The van der Waals surface area contributed by atoms with Gasteiger partial charge in [0.05, 0.1) is 5.75 Å². The van der Waals surface area contributed by atoms with E-state index in [2.05, 4.69) is 22.5 Å². The van der Waals surface area contributed by atoms with Gasteiger partial charge in [0.1, 0.15) is 9.84 Å². The maximum Gasteiger partial charge on any atom is 0.191 e. The van der Waals surface area contributed by atoms with E-state index in [1.807, 2.05) is 0 Å². The first-order valence-electron chi connectivity index (χ1n) is 4.62. The fourth-order valence-electron chi connectivity index (χ4n) is 0.819. The summed E-state index contributed by atoms with van der Waals surface area (Å²) in [5, 5.41) is 5.97. The zero-order valence-electron chi connectivity index (χ0n) is 9.00. The number of hydrogen-bond donors (Lipinski definition) is 2. The summed E-state index contributed by atoms with van der Waals surface area (Å²) in [4.78, 5) is 3.94. The Morgan fingerprint density at radius 2 is 1.86 bits per heavy atom. The molecular weight excluding hydrogens is 202 g/mol. The first-order chi connectivity index (χ1) is 6.49.